The SMILES string of the molecule is CCC(CC)(CC(=O)O)NC(=O)Cc1c(C)cccc1C. The van der Waals surface area contributed by atoms with Gasteiger partial charge < -0.3 is 10.4 Å². The Labute approximate surface area is 126 Å². The fraction of sp³-hybridized carbons (Fsp3) is 0.529. The molecule has 0 atom stereocenters. The Hall–Kier alpha value is -1.84. The highest BCUT2D eigenvalue weighted by Crippen LogP contribution is 2.21. The maximum atomic E-state index is 12.3. The number of rotatable bonds is 7. The van der Waals surface area contributed by atoms with Crippen LogP contribution in [0.2, 0.25) is 0 Å². The van der Waals surface area contributed by atoms with Gasteiger partial charge in [0.1, 0.15) is 0 Å². The number of benzene rings is 1. The van der Waals surface area contributed by atoms with E-state index in [1.807, 2.05) is 45.9 Å². The monoisotopic (exact) mass is 291 g/mol. The fourth-order valence-corrected chi connectivity index (χ4v) is 2.64. The minimum Gasteiger partial charge on any atom is -0.481 e. The number of hydrogen-bond acceptors (Lipinski definition) is 2. The molecule has 1 amide bonds. The van der Waals surface area contributed by atoms with E-state index in [2.05, 4.69) is 5.32 Å². The number of nitrogens with one attached hydrogen (secondary N) is 1. The zero-order chi connectivity index (χ0) is 16.0. The van der Waals surface area contributed by atoms with Gasteiger partial charge in [0, 0.05) is 5.54 Å². The van der Waals surface area contributed by atoms with Crippen LogP contribution < -0.4 is 5.32 Å². The van der Waals surface area contributed by atoms with Gasteiger partial charge in [-0.2, -0.15) is 0 Å². The zero-order valence-electron chi connectivity index (χ0n) is 13.3. The van der Waals surface area contributed by atoms with Crippen LogP contribution in [0.25, 0.3) is 0 Å². The van der Waals surface area contributed by atoms with Gasteiger partial charge in [-0.3, -0.25) is 9.59 Å². The Kier molecular flexibility index (Phi) is 5.94. The number of carboxylic acid groups (broad SMARTS) is 1. The smallest absolute Gasteiger partial charge is 0.305 e. The van der Waals surface area contributed by atoms with Crippen molar-refractivity contribution < 1.29 is 14.7 Å². The first-order chi connectivity index (χ1) is 9.83. The molecule has 0 aliphatic rings. The largest absolute Gasteiger partial charge is 0.481 e. The first-order valence-electron chi connectivity index (χ1n) is 7.41. The molecule has 0 unspecified atom stereocenters. The highest BCUT2D eigenvalue weighted by Gasteiger charge is 2.31. The average Bonchev–Trinajstić information content (AvgIpc) is 2.41. The molecule has 2 N–H and O–H groups in total. The van der Waals surface area contributed by atoms with Gasteiger partial charge in [0.05, 0.1) is 12.8 Å². The van der Waals surface area contributed by atoms with Gasteiger partial charge in [-0.15, -0.1) is 0 Å². The molecule has 0 radical (unpaired) electrons. The number of hydrogen-bond donors (Lipinski definition) is 2. The summed E-state index contributed by atoms with van der Waals surface area (Å²) in [5.74, 6) is -0.997. The molecule has 4 nitrogen and oxygen atoms in total. The molecular weight excluding hydrogens is 266 g/mol. The van der Waals surface area contributed by atoms with Gasteiger partial charge >= 0.3 is 5.97 Å². The van der Waals surface area contributed by atoms with E-state index in [1.54, 1.807) is 0 Å². The van der Waals surface area contributed by atoms with E-state index in [4.69, 9.17) is 5.11 Å². The molecule has 21 heavy (non-hydrogen) atoms. The molecule has 0 aliphatic heterocycles. The van der Waals surface area contributed by atoms with E-state index < -0.39 is 11.5 Å². The molecule has 0 spiro atoms. The molecule has 1 aromatic rings. The Morgan fingerprint density at radius 1 is 1.14 bits per heavy atom. The van der Waals surface area contributed by atoms with Crippen LogP contribution in [-0.4, -0.2) is 22.5 Å². The standard InChI is InChI=1S/C17H25NO3/c1-5-17(6-2,11-16(20)21)18-15(19)10-14-12(3)8-7-9-13(14)4/h7-9H,5-6,10-11H2,1-4H3,(H,18,19)(H,20,21). The van der Waals surface area contributed by atoms with E-state index in [9.17, 15) is 9.59 Å². The van der Waals surface area contributed by atoms with Crippen molar-refractivity contribution in [2.24, 2.45) is 0 Å². The van der Waals surface area contributed by atoms with Crippen LogP contribution in [-0.2, 0) is 16.0 Å². The molecule has 0 saturated heterocycles. The normalized spacial score (nSPS) is 11.2. The van der Waals surface area contributed by atoms with Gasteiger partial charge in [-0.1, -0.05) is 32.0 Å². The zero-order valence-corrected chi connectivity index (χ0v) is 13.3. The number of amides is 1. The highest BCUT2D eigenvalue weighted by atomic mass is 16.4. The lowest BCUT2D eigenvalue weighted by Gasteiger charge is -2.31. The molecular formula is C17H25NO3. The van der Waals surface area contributed by atoms with Gasteiger partial charge in [0.25, 0.3) is 0 Å². The first-order valence-corrected chi connectivity index (χ1v) is 7.41. The van der Waals surface area contributed by atoms with Crippen molar-refractivity contribution in [1.82, 2.24) is 5.32 Å². The number of aliphatic carboxylic acids is 1. The van der Waals surface area contributed by atoms with Gasteiger partial charge in [-0.05, 0) is 43.4 Å². The number of aryl methyl sites for hydroxylation is 2. The van der Waals surface area contributed by atoms with E-state index in [0.29, 0.717) is 19.3 Å². The lowest BCUT2D eigenvalue weighted by Crippen LogP contribution is -2.49. The molecule has 0 aliphatic carbocycles. The summed E-state index contributed by atoms with van der Waals surface area (Å²) in [5, 5.41) is 12.0. The molecule has 116 valence electrons. The topological polar surface area (TPSA) is 66.4 Å². The molecule has 0 heterocycles. The second-order valence-corrected chi connectivity index (χ2v) is 5.65. The van der Waals surface area contributed by atoms with Crippen molar-refractivity contribution in [1.29, 1.82) is 0 Å². The third-order valence-corrected chi connectivity index (χ3v) is 4.23. The number of carbonyl (C=O) groups is 2. The molecule has 0 bridgehead atoms. The van der Waals surface area contributed by atoms with Crippen LogP contribution in [0.15, 0.2) is 18.2 Å². The quantitative estimate of drug-likeness (QED) is 0.811. The van der Waals surface area contributed by atoms with E-state index >= 15 is 0 Å². The molecule has 0 saturated carbocycles. The second kappa shape index (κ2) is 7.25. The Balaban J connectivity index is 2.86. The summed E-state index contributed by atoms with van der Waals surface area (Å²) < 4.78 is 0. The second-order valence-electron chi connectivity index (χ2n) is 5.65. The van der Waals surface area contributed by atoms with Gasteiger partial charge in [0.2, 0.25) is 5.91 Å². The molecule has 4 heteroatoms. The van der Waals surface area contributed by atoms with Crippen LogP contribution >= 0.6 is 0 Å². The van der Waals surface area contributed by atoms with Crippen LogP contribution in [0, 0.1) is 13.8 Å². The van der Waals surface area contributed by atoms with Crippen molar-refractivity contribution in [2.75, 3.05) is 0 Å². The number of carboxylic acids is 1. The van der Waals surface area contributed by atoms with Crippen LogP contribution in [0.5, 0.6) is 0 Å². The predicted octanol–water partition coefficient (Wildman–Crippen LogP) is 3.00. The molecule has 0 aromatic heterocycles. The lowest BCUT2D eigenvalue weighted by molar-refractivity contribution is -0.139. The fourth-order valence-electron chi connectivity index (χ4n) is 2.64. The van der Waals surface area contributed by atoms with Crippen LogP contribution in [0.4, 0.5) is 0 Å². The summed E-state index contributed by atoms with van der Waals surface area (Å²) in [6.45, 7) is 7.79. The van der Waals surface area contributed by atoms with Crippen molar-refractivity contribution in [3.05, 3.63) is 34.9 Å². The highest BCUT2D eigenvalue weighted by molar-refractivity contribution is 5.81. The average molecular weight is 291 g/mol. The Bertz CT molecular complexity index is 499. The maximum absolute atomic E-state index is 12.3. The van der Waals surface area contributed by atoms with Gasteiger partial charge in [-0.25, -0.2) is 0 Å². The first kappa shape index (κ1) is 17.2. The van der Waals surface area contributed by atoms with Crippen molar-refractivity contribution in [2.45, 2.75) is 58.9 Å². The maximum Gasteiger partial charge on any atom is 0.305 e. The summed E-state index contributed by atoms with van der Waals surface area (Å²) >= 11 is 0. The van der Waals surface area contributed by atoms with E-state index in [1.165, 1.54) is 0 Å². The van der Waals surface area contributed by atoms with Crippen molar-refractivity contribution >= 4 is 11.9 Å². The molecule has 0 fully saturated rings. The van der Waals surface area contributed by atoms with Crippen LogP contribution in [0.3, 0.4) is 0 Å². The summed E-state index contributed by atoms with van der Waals surface area (Å²) in [7, 11) is 0. The number of carbonyl (C=O) groups excluding carboxylic acids is 1. The Morgan fingerprint density at radius 2 is 1.67 bits per heavy atom. The van der Waals surface area contributed by atoms with E-state index in [0.717, 1.165) is 16.7 Å². The van der Waals surface area contributed by atoms with E-state index in [-0.39, 0.29) is 12.3 Å². The third kappa shape index (κ3) is 4.59. The third-order valence-electron chi connectivity index (χ3n) is 4.23. The predicted molar refractivity (Wildman–Crippen MR) is 83.3 cm³/mol. The minimum absolute atomic E-state index is 0.0432. The minimum atomic E-state index is -0.883. The summed E-state index contributed by atoms with van der Waals surface area (Å²) in [4.78, 5) is 23.4. The lowest BCUT2D eigenvalue weighted by atomic mass is 9.88. The summed E-state index contributed by atoms with van der Waals surface area (Å²) in [6.07, 6.45) is 1.46. The van der Waals surface area contributed by atoms with Crippen molar-refractivity contribution in [3.8, 4) is 0 Å². The van der Waals surface area contributed by atoms with Crippen molar-refractivity contribution in [3.63, 3.8) is 0 Å². The molecule has 1 rings (SSSR count). The molecule has 1 aromatic carbocycles. The van der Waals surface area contributed by atoms with Crippen LogP contribution in [0.1, 0.15) is 49.8 Å². The Morgan fingerprint density at radius 3 is 2.10 bits per heavy atom. The van der Waals surface area contributed by atoms with Gasteiger partial charge in [0.15, 0.2) is 0 Å². The summed E-state index contributed by atoms with van der Waals surface area (Å²) in [5.41, 5.74) is 2.54. The summed E-state index contributed by atoms with van der Waals surface area (Å²) in [6, 6.07) is 5.94.